The monoisotopic (exact) mass is 293 g/mol. The van der Waals surface area contributed by atoms with Crippen LogP contribution in [0.25, 0.3) is 0 Å². The highest BCUT2D eigenvalue weighted by Crippen LogP contribution is 2.32. The molecule has 1 N–H and O–H groups in total. The normalized spacial score (nSPS) is 10.8. The van der Waals surface area contributed by atoms with Gasteiger partial charge in [0.05, 0.1) is 4.90 Å². The van der Waals surface area contributed by atoms with Crippen molar-refractivity contribution >= 4 is 11.8 Å². The highest BCUT2D eigenvalue weighted by molar-refractivity contribution is 7.99. The van der Waals surface area contributed by atoms with Gasteiger partial charge < -0.3 is 5.32 Å². The number of benzene rings is 2. The minimum Gasteiger partial charge on any atom is -0.313 e. The summed E-state index contributed by atoms with van der Waals surface area (Å²) < 4.78 is 28.0. The molecule has 0 radical (unpaired) electrons. The number of rotatable bonds is 5. The van der Waals surface area contributed by atoms with E-state index >= 15 is 0 Å². The van der Waals surface area contributed by atoms with Crippen molar-refractivity contribution in [1.82, 2.24) is 5.32 Å². The quantitative estimate of drug-likeness (QED) is 0.869. The summed E-state index contributed by atoms with van der Waals surface area (Å²) >= 11 is 1.11. The lowest BCUT2D eigenvalue weighted by Gasteiger charge is -2.08. The van der Waals surface area contributed by atoms with Crippen molar-refractivity contribution in [1.29, 1.82) is 0 Å². The van der Waals surface area contributed by atoms with Gasteiger partial charge in [-0.15, -0.1) is 0 Å². The van der Waals surface area contributed by atoms with Crippen LogP contribution in [0.1, 0.15) is 18.1 Å². The summed E-state index contributed by atoms with van der Waals surface area (Å²) in [6, 6.07) is 10.4. The van der Waals surface area contributed by atoms with Gasteiger partial charge in [0.2, 0.25) is 0 Å². The second-order valence-corrected chi connectivity index (χ2v) is 5.67. The fourth-order valence-corrected chi connectivity index (χ4v) is 2.63. The molecule has 0 aromatic heterocycles. The second-order valence-electron chi connectivity index (χ2n) is 4.58. The number of hydrogen-bond acceptors (Lipinski definition) is 2. The van der Waals surface area contributed by atoms with Crippen molar-refractivity contribution in [3.63, 3.8) is 0 Å². The first-order valence-electron chi connectivity index (χ1n) is 6.53. The van der Waals surface area contributed by atoms with Crippen LogP contribution in [0.4, 0.5) is 8.78 Å². The summed E-state index contributed by atoms with van der Waals surface area (Å²) in [6.45, 7) is 5.17. The maximum Gasteiger partial charge on any atom is 0.140 e. The van der Waals surface area contributed by atoms with E-state index in [0.717, 1.165) is 28.8 Å². The Bertz CT molecular complexity index is 559. The summed E-state index contributed by atoms with van der Waals surface area (Å²) in [5.41, 5.74) is 1.74. The molecule has 0 atom stereocenters. The first-order valence-corrected chi connectivity index (χ1v) is 7.35. The van der Waals surface area contributed by atoms with E-state index < -0.39 is 11.6 Å². The molecule has 0 amide bonds. The second kappa shape index (κ2) is 6.86. The summed E-state index contributed by atoms with van der Waals surface area (Å²) in [5.74, 6) is -1.02. The van der Waals surface area contributed by atoms with Crippen molar-refractivity contribution in [2.45, 2.75) is 30.2 Å². The predicted molar refractivity (Wildman–Crippen MR) is 79.0 cm³/mol. The fraction of sp³-hybridized carbons (Fsp3) is 0.250. The lowest BCUT2D eigenvalue weighted by atomic mass is 10.2. The first kappa shape index (κ1) is 15.0. The molecule has 0 saturated heterocycles. The summed E-state index contributed by atoms with van der Waals surface area (Å²) in [7, 11) is 0. The van der Waals surface area contributed by atoms with Crippen LogP contribution in [-0.4, -0.2) is 6.54 Å². The van der Waals surface area contributed by atoms with Gasteiger partial charge in [-0.05, 0) is 43.3 Å². The minimum absolute atomic E-state index is 0.0501. The van der Waals surface area contributed by atoms with Crippen molar-refractivity contribution in [2.75, 3.05) is 6.54 Å². The molecule has 4 heteroatoms. The Balaban J connectivity index is 2.21. The van der Waals surface area contributed by atoms with Crippen LogP contribution in [0.15, 0.2) is 46.2 Å². The molecule has 106 valence electrons. The number of nitrogens with one attached hydrogen (secondary N) is 1. The Morgan fingerprint density at radius 3 is 2.20 bits per heavy atom. The van der Waals surface area contributed by atoms with Crippen LogP contribution < -0.4 is 5.32 Å². The molecule has 0 aliphatic carbocycles. The molecule has 0 heterocycles. The zero-order chi connectivity index (χ0) is 14.5. The molecule has 20 heavy (non-hydrogen) atoms. The molecule has 0 unspecified atom stereocenters. The van der Waals surface area contributed by atoms with Crippen molar-refractivity contribution < 1.29 is 8.78 Å². The Labute approximate surface area is 122 Å². The molecule has 2 aromatic rings. The van der Waals surface area contributed by atoms with E-state index in [0.29, 0.717) is 12.1 Å². The maximum absolute atomic E-state index is 14.0. The Morgan fingerprint density at radius 1 is 1.05 bits per heavy atom. The molecule has 0 bridgehead atoms. The first-order chi connectivity index (χ1) is 9.60. The summed E-state index contributed by atoms with van der Waals surface area (Å²) in [6.07, 6.45) is 0. The molecule has 2 aromatic carbocycles. The number of halogens is 2. The molecular weight excluding hydrogens is 276 g/mol. The van der Waals surface area contributed by atoms with Gasteiger partial charge in [0.15, 0.2) is 0 Å². The third kappa shape index (κ3) is 3.81. The predicted octanol–water partition coefficient (Wildman–Crippen LogP) is 4.53. The molecule has 0 fully saturated rings. The van der Waals surface area contributed by atoms with Gasteiger partial charge in [-0.25, -0.2) is 8.78 Å². The maximum atomic E-state index is 14.0. The van der Waals surface area contributed by atoms with Gasteiger partial charge in [0.25, 0.3) is 0 Å². The van der Waals surface area contributed by atoms with E-state index in [9.17, 15) is 8.78 Å². The number of hydrogen-bond donors (Lipinski definition) is 1. The van der Waals surface area contributed by atoms with Crippen molar-refractivity contribution in [2.24, 2.45) is 0 Å². The zero-order valence-electron chi connectivity index (χ0n) is 11.5. The zero-order valence-corrected chi connectivity index (χ0v) is 12.4. The third-order valence-electron chi connectivity index (χ3n) is 2.88. The van der Waals surface area contributed by atoms with Crippen LogP contribution >= 0.6 is 11.8 Å². The highest BCUT2D eigenvalue weighted by atomic mass is 32.2. The van der Waals surface area contributed by atoms with Crippen LogP contribution in [0.3, 0.4) is 0 Å². The highest BCUT2D eigenvalue weighted by Gasteiger charge is 2.12. The van der Waals surface area contributed by atoms with E-state index in [1.165, 1.54) is 12.1 Å². The van der Waals surface area contributed by atoms with E-state index in [1.54, 1.807) is 0 Å². The largest absolute Gasteiger partial charge is 0.313 e. The fourth-order valence-electron chi connectivity index (χ4n) is 1.81. The lowest BCUT2D eigenvalue weighted by Crippen LogP contribution is -2.12. The Hall–Kier alpha value is -1.39. The Morgan fingerprint density at radius 2 is 1.65 bits per heavy atom. The Kier molecular flexibility index (Phi) is 5.15. The van der Waals surface area contributed by atoms with Gasteiger partial charge in [-0.1, -0.05) is 36.4 Å². The summed E-state index contributed by atoms with van der Waals surface area (Å²) in [4.78, 5) is 0.877. The molecular formula is C16H17F2NS. The molecule has 2 rings (SSSR count). The van der Waals surface area contributed by atoms with Crippen LogP contribution in [-0.2, 0) is 6.54 Å². The van der Waals surface area contributed by atoms with Gasteiger partial charge in [-0.2, -0.15) is 0 Å². The smallest absolute Gasteiger partial charge is 0.140 e. The van der Waals surface area contributed by atoms with Gasteiger partial charge in [-0.3, -0.25) is 0 Å². The van der Waals surface area contributed by atoms with Gasteiger partial charge in [0.1, 0.15) is 11.6 Å². The van der Waals surface area contributed by atoms with Crippen molar-refractivity contribution in [3.8, 4) is 0 Å². The molecule has 0 aliphatic rings. The molecule has 1 nitrogen and oxygen atoms in total. The topological polar surface area (TPSA) is 12.0 Å². The van der Waals surface area contributed by atoms with Crippen LogP contribution in [0, 0.1) is 18.6 Å². The van der Waals surface area contributed by atoms with E-state index in [2.05, 4.69) is 5.32 Å². The molecule has 0 saturated carbocycles. The third-order valence-corrected chi connectivity index (χ3v) is 3.98. The standard InChI is InChI=1S/C16H17F2NS/c1-3-19-10-12-8-14(17)16(15(18)9-12)20-13-6-4-11(2)5-7-13/h4-9,19H,3,10H2,1-2H3. The average molecular weight is 293 g/mol. The van der Waals surface area contributed by atoms with E-state index in [1.807, 2.05) is 38.1 Å². The van der Waals surface area contributed by atoms with E-state index in [4.69, 9.17) is 0 Å². The number of aryl methyl sites for hydroxylation is 1. The van der Waals surface area contributed by atoms with Crippen LogP contribution in [0.5, 0.6) is 0 Å². The molecule has 0 aliphatic heterocycles. The van der Waals surface area contributed by atoms with Crippen molar-refractivity contribution in [3.05, 3.63) is 59.2 Å². The van der Waals surface area contributed by atoms with Gasteiger partial charge >= 0.3 is 0 Å². The molecule has 0 spiro atoms. The van der Waals surface area contributed by atoms with Gasteiger partial charge in [0, 0.05) is 11.4 Å². The average Bonchev–Trinajstić information content (AvgIpc) is 2.42. The van der Waals surface area contributed by atoms with E-state index in [-0.39, 0.29) is 4.90 Å². The summed E-state index contributed by atoms with van der Waals surface area (Å²) in [5, 5.41) is 3.05. The lowest BCUT2D eigenvalue weighted by molar-refractivity contribution is 0.535. The van der Waals surface area contributed by atoms with Crippen LogP contribution in [0.2, 0.25) is 0 Å². The SMILES string of the molecule is CCNCc1cc(F)c(Sc2ccc(C)cc2)c(F)c1. The minimum atomic E-state index is -0.511.